The van der Waals surface area contributed by atoms with E-state index >= 15 is 0 Å². The average molecular weight is 252 g/mol. The van der Waals surface area contributed by atoms with Crippen LogP contribution in [0.25, 0.3) is 0 Å². The molecule has 0 spiro atoms. The van der Waals surface area contributed by atoms with Crippen molar-refractivity contribution in [1.29, 1.82) is 0 Å². The van der Waals surface area contributed by atoms with Gasteiger partial charge in [0.25, 0.3) is 0 Å². The molecule has 0 aromatic heterocycles. The Morgan fingerprint density at radius 3 is 2.83 bits per heavy atom. The predicted molar refractivity (Wildman–Crippen MR) is 69.9 cm³/mol. The van der Waals surface area contributed by atoms with E-state index in [-0.39, 0.29) is 17.7 Å². The molecule has 2 heterocycles. The maximum Gasteiger partial charge on any atom is 0.227 e. The number of hydrogen-bond donors (Lipinski definition) is 1. The molecule has 2 fully saturated rings. The van der Waals surface area contributed by atoms with Gasteiger partial charge in [-0.05, 0) is 31.6 Å². The van der Waals surface area contributed by atoms with Gasteiger partial charge in [0.1, 0.15) is 0 Å². The summed E-state index contributed by atoms with van der Waals surface area (Å²) in [6.07, 6.45) is 5.97. The first-order valence-corrected chi connectivity index (χ1v) is 7.26. The van der Waals surface area contributed by atoms with Crippen LogP contribution in [-0.4, -0.2) is 36.3 Å². The first-order valence-electron chi connectivity index (χ1n) is 7.26. The highest BCUT2D eigenvalue weighted by Gasteiger charge is 2.29. The summed E-state index contributed by atoms with van der Waals surface area (Å²) in [4.78, 5) is 25.5. The number of likely N-dealkylation sites (tertiary alicyclic amines) is 1. The summed E-state index contributed by atoms with van der Waals surface area (Å²) in [6, 6.07) is 0. The monoisotopic (exact) mass is 252 g/mol. The lowest BCUT2D eigenvalue weighted by atomic mass is 9.97. The molecule has 1 N–H and O–H groups in total. The number of carbonyl (C=O) groups is 2. The van der Waals surface area contributed by atoms with Crippen LogP contribution >= 0.6 is 0 Å². The van der Waals surface area contributed by atoms with Gasteiger partial charge in [0.15, 0.2) is 0 Å². The van der Waals surface area contributed by atoms with Gasteiger partial charge >= 0.3 is 0 Å². The van der Waals surface area contributed by atoms with Crippen molar-refractivity contribution >= 4 is 11.8 Å². The minimum absolute atomic E-state index is 0.0147. The Kier molecular flexibility index (Phi) is 4.61. The molecule has 0 bridgehead atoms. The van der Waals surface area contributed by atoms with Crippen LogP contribution in [0, 0.1) is 11.8 Å². The summed E-state index contributed by atoms with van der Waals surface area (Å²) in [7, 11) is 0. The fourth-order valence-electron chi connectivity index (χ4n) is 3.00. The topological polar surface area (TPSA) is 49.4 Å². The molecule has 0 saturated carbocycles. The van der Waals surface area contributed by atoms with Gasteiger partial charge in [0.2, 0.25) is 11.8 Å². The van der Waals surface area contributed by atoms with Gasteiger partial charge in [0, 0.05) is 26.1 Å². The third-order valence-corrected chi connectivity index (χ3v) is 4.35. The first-order chi connectivity index (χ1) is 8.70. The molecule has 2 atom stereocenters. The fourth-order valence-corrected chi connectivity index (χ4v) is 3.00. The van der Waals surface area contributed by atoms with Gasteiger partial charge in [0.05, 0.1) is 5.92 Å². The molecule has 2 rings (SSSR count). The molecule has 18 heavy (non-hydrogen) atoms. The summed E-state index contributed by atoms with van der Waals surface area (Å²) in [5.41, 5.74) is 0. The van der Waals surface area contributed by atoms with E-state index in [9.17, 15) is 9.59 Å². The van der Waals surface area contributed by atoms with E-state index in [1.54, 1.807) is 0 Å². The number of nitrogens with one attached hydrogen (secondary N) is 1. The molecule has 4 heteroatoms. The Balaban J connectivity index is 1.86. The molecular weight excluding hydrogens is 228 g/mol. The lowest BCUT2D eigenvalue weighted by Crippen LogP contribution is -2.45. The molecule has 2 saturated heterocycles. The second-order valence-electron chi connectivity index (χ2n) is 5.57. The van der Waals surface area contributed by atoms with Gasteiger partial charge in [-0.2, -0.15) is 0 Å². The van der Waals surface area contributed by atoms with Gasteiger partial charge < -0.3 is 10.2 Å². The largest absolute Gasteiger partial charge is 0.355 e. The van der Waals surface area contributed by atoms with Crippen molar-refractivity contribution in [2.75, 3.05) is 19.6 Å². The quantitative estimate of drug-likeness (QED) is 0.810. The smallest absolute Gasteiger partial charge is 0.227 e. The average Bonchev–Trinajstić information content (AvgIpc) is 2.64. The number of amides is 2. The van der Waals surface area contributed by atoms with Crippen LogP contribution in [0.5, 0.6) is 0 Å². The van der Waals surface area contributed by atoms with Gasteiger partial charge in [-0.25, -0.2) is 0 Å². The molecule has 0 aliphatic carbocycles. The lowest BCUT2D eigenvalue weighted by Gasteiger charge is -2.28. The Morgan fingerprint density at radius 1 is 1.33 bits per heavy atom. The van der Waals surface area contributed by atoms with Crippen molar-refractivity contribution in [2.24, 2.45) is 11.8 Å². The number of piperidine rings is 1. The minimum Gasteiger partial charge on any atom is -0.355 e. The van der Waals surface area contributed by atoms with E-state index in [1.807, 2.05) is 4.90 Å². The summed E-state index contributed by atoms with van der Waals surface area (Å²) < 4.78 is 0. The molecule has 4 nitrogen and oxygen atoms in total. The Morgan fingerprint density at radius 2 is 2.17 bits per heavy atom. The third kappa shape index (κ3) is 3.24. The zero-order valence-electron chi connectivity index (χ0n) is 11.3. The zero-order chi connectivity index (χ0) is 13.0. The maximum atomic E-state index is 12.4. The van der Waals surface area contributed by atoms with Crippen LogP contribution in [0.4, 0.5) is 0 Å². The molecule has 2 unspecified atom stereocenters. The molecule has 2 amide bonds. The molecule has 0 radical (unpaired) electrons. The van der Waals surface area contributed by atoms with E-state index in [2.05, 4.69) is 12.2 Å². The second kappa shape index (κ2) is 6.21. The van der Waals surface area contributed by atoms with E-state index < -0.39 is 0 Å². The highest BCUT2D eigenvalue weighted by molar-refractivity contribution is 5.83. The number of nitrogens with zero attached hydrogens (tertiary/aromatic N) is 1. The first kappa shape index (κ1) is 13.4. The van der Waals surface area contributed by atoms with Crippen LogP contribution in [-0.2, 0) is 9.59 Å². The third-order valence-electron chi connectivity index (χ3n) is 4.35. The Labute approximate surface area is 109 Å². The predicted octanol–water partition coefficient (Wildman–Crippen LogP) is 1.55. The van der Waals surface area contributed by atoms with E-state index in [4.69, 9.17) is 0 Å². The molecule has 2 aliphatic heterocycles. The second-order valence-corrected chi connectivity index (χ2v) is 5.57. The lowest BCUT2D eigenvalue weighted by molar-refractivity contribution is -0.137. The van der Waals surface area contributed by atoms with Crippen LogP contribution in [0.3, 0.4) is 0 Å². The van der Waals surface area contributed by atoms with Crippen molar-refractivity contribution < 1.29 is 9.59 Å². The summed E-state index contributed by atoms with van der Waals surface area (Å²) in [5, 5.41) is 2.80. The molecular formula is C14H24N2O2. The van der Waals surface area contributed by atoms with Gasteiger partial charge in [-0.15, -0.1) is 0 Å². The molecule has 102 valence electrons. The van der Waals surface area contributed by atoms with E-state index in [0.717, 1.165) is 38.3 Å². The Hall–Kier alpha value is -1.06. The highest BCUT2D eigenvalue weighted by atomic mass is 16.2. The molecule has 2 aliphatic rings. The number of carbonyl (C=O) groups excluding carboxylic acids is 2. The van der Waals surface area contributed by atoms with E-state index in [0.29, 0.717) is 13.0 Å². The van der Waals surface area contributed by atoms with E-state index in [1.165, 1.54) is 12.8 Å². The molecule has 0 aromatic carbocycles. The van der Waals surface area contributed by atoms with Crippen LogP contribution in [0.2, 0.25) is 0 Å². The van der Waals surface area contributed by atoms with Crippen molar-refractivity contribution in [3.05, 3.63) is 0 Å². The minimum atomic E-state index is 0.0147. The van der Waals surface area contributed by atoms with Crippen LogP contribution < -0.4 is 5.32 Å². The summed E-state index contributed by atoms with van der Waals surface area (Å²) >= 11 is 0. The SMILES string of the molecule is CCC1CCCN(C(=O)C2CCC(=O)NC2)CC1. The molecule has 0 aromatic rings. The van der Waals surface area contributed by atoms with Gasteiger partial charge in [-0.3, -0.25) is 9.59 Å². The maximum absolute atomic E-state index is 12.4. The van der Waals surface area contributed by atoms with Crippen LogP contribution in [0.1, 0.15) is 45.4 Å². The summed E-state index contributed by atoms with van der Waals surface area (Å²) in [6.45, 7) is 4.58. The number of rotatable bonds is 2. The van der Waals surface area contributed by atoms with Gasteiger partial charge in [-0.1, -0.05) is 13.3 Å². The van der Waals surface area contributed by atoms with Crippen molar-refractivity contribution in [3.8, 4) is 0 Å². The number of hydrogen-bond acceptors (Lipinski definition) is 2. The normalized spacial score (nSPS) is 29.6. The summed E-state index contributed by atoms with van der Waals surface area (Å²) in [5.74, 6) is 1.14. The van der Waals surface area contributed by atoms with Crippen molar-refractivity contribution in [2.45, 2.75) is 45.4 Å². The highest BCUT2D eigenvalue weighted by Crippen LogP contribution is 2.22. The standard InChI is InChI=1S/C14H24N2O2/c1-2-11-4-3-8-16(9-7-11)14(18)12-5-6-13(17)15-10-12/h11-12H,2-10H2,1H3,(H,15,17). The van der Waals surface area contributed by atoms with Crippen LogP contribution in [0.15, 0.2) is 0 Å². The zero-order valence-corrected chi connectivity index (χ0v) is 11.3. The Bertz CT molecular complexity index is 307. The fraction of sp³-hybridized carbons (Fsp3) is 0.857. The van der Waals surface area contributed by atoms with Crippen molar-refractivity contribution in [3.63, 3.8) is 0 Å². The van der Waals surface area contributed by atoms with Crippen molar-refractivity contribution in [1.82, 2.24) is 10.2 Å².